The topological polar surface area (TPSA) is 158 Å². The zero-order chi connectivity index (χ0) is 35.6. The number of alkyl halides is 3. The second kappa shape index (κ2) is 19.2. The summed E-state index contributed by atoms with van der Waals surface area (Å²) in [7, 11) is 0. The highest BCUT2D eigenvalue weighted by molar-refractivity contribution is 5.88. The summed E-state index contributed by atoms with van der Waals surface area (Å²) in [5.74, 6) is -3.66. The zero-order valence-electron chi connectivity index (χ0n) is 26.4. The molecule has 0 bridgehead atoms. The summed E-state index contributed by atoms with van der Waals surface area (Å²) < 4.78 is 31.7. The van der Waals surface area contributed by atoms with Crippen molar-refractivity contribution in [2.75, 3.05) is 11.9 Å². The van der Waals surface area contributed by atoms with E-state index in [1.165, 1.54) is 0 Å². The number of carboxylic acids is 2. The van der Waals surface area contributed by atoms with E-state index >= 15 is 0 Å². The number of aromatic nitrogens is 1. The van der Waals surface area contributed by atoms with E-state index in [0.29, 0.717) is 18.5 Å². The number of rotatable bonds is 15. The maximum atomic E-state index is 13.5. The molecule has 0 fully saturated rings. The average molecular weight is 679 g/mol. The molecule has 0 aliphatic heterocycles. The molecular formula is C36H37F3N4O6. The van der Waals surface area contributed by atoms with Gasteiger partial charge in [-0.05, 0) is 47.2 Å². The van der Waals surface area contributed by atoms with Gasteiger partial charge in [-0.25, -0.2) is 9.78 Å². The molecule has 5 N–H and O–H groups in total. The molecule has 0 aliphatic rings. The second-order valence-corrected chi connectivity index (χ2v) is 10.9. The van der Waals surface area contributed by atoms with E-state index in [2.05, 4.69) is 20.9 Å². The van der Waals surface area contributed by atoms with Crippen LogP contribution >= 0.6 is 0 Å². The molecule has 49 heavy (non-hydrogen) atoms. The van der Waals surface area contributed by atoms with E-state index in [-0.39, 0.29) is 25.2 Å². The van der Waals surface area contributed by atoms with Crippen LogP contribution in [0.4, 0.5) is 19.0 Å². The van der Waals surface area contributed by atoms with Gasteiger partial charge in [-0.15, -0.1) is 0 Å². The van der Waals surface area contributed by atoms with E-state index < -0.39 is 36.1 Å². The number of unbranched alkanes of at least 4 members (excludes halogenated alkanes) is 1. The molecule has 3 aromatic carbocycles. The summed E-state index contributed by atoms with van der Waals surface area (Å²) in [6.07, 6.45) is -1.70. The van der Waals surface area contributed by atoms with Crippen LogP contribution in [0.15, 0.2) is 109 Å². The van der Waals surface area contributed by atoms with Crippen molar-refractivity contribution >= 4 is 29.6 Å². The highest BCUT2D eigenvalue weighted by Crippen LogP contribution is 2.24. The Kier molecular flexibility index (Phi) is 14.8. The largest absolute Gasteiger partial charge is 0.490 e. The van der Waals surface area contributed by atoms with Crippen LogP contribution in [0.1, 0.15) is 42.9 Å². The highest BCUT2D eigenvalue weighted by atomic mass is 19.4. The minimum absolute atomic E-state index is 0.231. The number of amides is 2. The van der Waals surface area contributed by atoms with Crippen molar-refractivity contribution in [3.63, 3.8) is 0 Å². The minimum atomic E-state index is -5.08. The number of nitrogens with zero attached hydrogens (tertiary/aromatic N) is 1. The Morgan fingerprint density at radius 1 is 0.735 bits per heavy atom. The molecule has 2 atom stereocenters. The third-order valence-electron chi connectivity index (χ3n) is 7.09. The van der Waals surface area contributed by atoms with Gasteiger partial charge in [0.2, 0.25) is 11.8 Å². The van der Waals surface area contributed by atoms with Crippen molar-refractivity contribution in [1.82, 2.24) is 15.6 Å². The number of halogens is 3. The predicted molar refractivity (Wildman–Crippen MR) is 177 cm³/mol. The Hall–Kier alpha value is -5.72. The molecule has 4 aromatic rings. The fourth-order valence-corrected chi connectivity index (χ4v) is 4.66. The summed E-state index contributed by atoms with van der Waals surface area (Å²) in [6, 6.07) is 30.8. The molecule has 1 unspecified atom stereocenters. The Balaban J connectivity index is 0.000000838. The molecule has 0 spiro atoms. The predicted octanol–water partition coefficient (Wildman–Crippen LogP) is 6.02. The number of hydrogen-bond acceptors (Lipinski definition) is 6. The number of nitrogens with one attached hydrogen (secondary N) is 3. The first-order chi connectivity index (χ1) is 23.4. The smallest absolute Gasteiger partial charge is 0.481 e. The van der Waals surface area contributed by atoms with Crippen LogP contribution in [0, 0.1) is 0 Å². The van der Waals surface area contributed by atoms with Crippen LogP contribution < -0.4 is 16.0 Å². The molecule has 2 amide bonds. The Morgan fingerprint density at radius 3 is 1.90 bits per heavy atom. The van der Waals surface area contributed by atoms with Crippen LogP contribution in [0.2, 0.25) is 0 Å². The molecule has 1 aromatic heterocycles. The molecule has 0 saturated heterocycles. The number of carboxylic acid groups (broad SMARTS) is 2. The summed E-state index contributed by atoms with van der Waals surface area (Å²) >= 11 is 0. The first kappa shape index (κ1) is 37.7. The Bertz CT molecular complexity index is 1620. The first-order valence-corrected chi connectivity index (χ1v) is 15.4. The lowest BCUT2D eigenvalue weighted by molar-refractivity contribution is -0.192. The van der Waals surface area contributed by atoms with Gasteiger partial charge in [-0.1, -0.05) is 91.0 Å². The summed E-state index contributed by atoms with van der Waals surface area (Å²) in [5, 5.41) is 25.7. The van der Waals surface area contributed by atoms with Gasteiger partial charge in [0.25, 0.3) is 0 Å². The normalized spacial score (nSPS) is 12.0. The van der Waals surface area contributed by atoms with E-state index in [1.54, 1.807) is 6.20 Å². The maximum absolute atomic E-state index is 13.5. The third-order valence-corrected chi connectivity index (χ3v) is 7.09. The van der Waals surface area contributed by atoms with Crippen molar-refractivity contribution in [3.05, 3.63) is 120 Å². The van der Waals surface area contributed by atoms with Crippen LogP contribution in [-0.4, -0.2) is 57.7 Å². The van der Waals surface area contributed by atoms with Gasteiger partial charge < -0.3 is 26.2 Å². The summed E-state index contributed by atoms with van der Waals surface area (Å²) in [5.41, 5.74) is 3.60. The number of pyridine rings is 1. The average Bonchev–Trinajstić information content (AvgIpc) is 3.08. The van der Waals surface area contributed by atoms with Crippen LogP contribution in [0.25, 0.3) is 11.1 Å². The van der Waals surface area contributed by atoms with Crippen molar-refractivity contribution < 1.29 is 42.6 Å². The van der Waals surface area contributed by atoms with Crippen molar-refractivity contribution in [1.29, 1.82) is 0 Å². The van der Waals surface area contributed by atoms with Gasteiger partial charge in [0, 0.05) is 25.6 Å². The molecule has 0 aliphatic carbocycles. The number of hydrogen-bond donors (Lipinski definition) is 5. The van der Waals surface area contributed by atoms with Gasteiger partial charge in [-0.2, -0.15) is 13.2 Å². The SMILES string of the molecule is O=C(O)C(F)(F)F.O=C(O)CC(NC(=O)[C@H](Cc1ccccc1)NC(=O)CCCCNc1ccccn1)c1ccc(-c2ccccc2)cc1. The van der Waals surface area contributed by atoms with Gasteiger partial charge in [0.15, 0.2) is 0 Å². The van der Waals surface area contributed by atoms with Crippen LogP contribution in [0.5, 0.6) is 0 Å². The number of benzene rings is 3. The fourth-order valence-electron chi connectivity index (χ4n) is 4.66. The second-order valence-electron chi connectivity index (χ2n) is 10.9. The van der Waals surface area contributed by atoms with E-state index in [1.807, 2.05) is 103 Å². The van der Waals surface area contributed by atoms with E-state index in [0.717, 1.165) is 28.9 Å². The zero-order valence-corrected chi connectivity index (χ0v) is 26.4. The maximum Gasteiger partial charge on any atom is 0.490 e. The lowest BCUT2D eigenvalue weighted by Crippen LogP contribution is -2.49. The lowest BCUT2D eigenvalue weighted by atomic mass is 9.98. The molecule has 13 heteroatoms. The molecular weight excluding hydrogens is 641 g/mol. The van der Waals surface area contributed by atoms with Crippen molar-refractivity contribution in [3.8, 4) is 11.1 Å². The summed E-state index contributed by atoms with van der Waals surface area (Å²) in [6.45, 7) is 0.679. The van der Waals surface area contributed by atoms with Crippen LogP contribution in [0.3, 0.4) is 0 Å². The lowest BCUT2D eigenvalue weighted by Gasteiger charge is -2.23. The van der Waals surface area contributed by atoms with Crippen LogP contribution in [-0.2, 0) is 25.6 Å². The van der Waals surface area contributed by atoms with Gasteiger partial charge in [-0.3, -0.25) is 14.4 Å². The number of carbonyl (C=O) groups excluding carboxylic acids is 2. The molecule has 1 heterocycles. The number of anilines is 1. The van der Waals surface area contributed by atoms with E-state index in [4.69, 9.17) is 9.90 Å². The Morgan fingerprint density at radius 2 is 1.33 bits per heavy atom. The fraction of sp³-hybridized carbons (Fsp3) is 0.250. The minimum Gasteiger partial charge on any atom is -0.481 e. The molecule has 258 valence electrons. The van der Waals surface area contributed by atoms with Gasteiger partial charge in [0.1, 0.15) is 11.9 Å². The molecule has 10 nitrogen and oxygen atoms in total. The summed E-state index contributed by atoms with van der Waals surface area (Å²) in [4.78, 5) is 51.2. The van der Waals surface area contributed by atoms with Gasteiger partial charge in [0.05, 0.1) is 12.5 Å². The quantitative estimate of drug-likeness (QED) is 0.0955. The highest BCUT2D eigenvalue weighted by Gasteiger charge is 2.38. The number of carbonyl (C=O) groups is 4. The first-order valence-electron chi connectivity index (χ1n) is 15.4. The number of aliphatic carboxylic acids is 2. The van der Waals surface area contributed by atoms with E-state index in [9.17, 15) is 32.7 Å². The molecule has 0 radical (unpaired) electrons. The van der Waals surface area contributed by atoms with Crippen molar-refractivity contribution in [2.45, 2.75) is 50.4 Å². The van der Waals surface area contributed by atoms with Crippen molar-refractivity contribution in [2.24, 2.45) is 0 Å². The Labute approximate surface area is 281 Å². The monoisotopic (exact) mass is 678 g/mol. The molecule has 4 rings (SSSR count). The third kappa shape index (κ3) is 13.9. The van der Waals surface area contributed by atoms with Gasteiger partial charge >= 0.3 is 18.1 Å². The standard InChI is InChI=1S/C34H36N4O4.C2HF3O2/c39-32(16-8-10-22-36-31-15-7-9-21-35-31)37-30(23-25-11-3-1-4-12-25)34(42)38-29(24-33(40)41)28-19-17-27(18-20-28)26-13-5-2-6-14-26;3-2(4,5)1(6)7/h1-7,9,11-15,17-21,29-30H,8,10,16,22-24H2,(H,35,36)(H,37,39)(H,38,42)(H,40,41);(H,6,7)/t29?,30-;/m0./s1. The molecule has 0 saturated carbocycles.